The first-order valence-corrected chi connectivity index (χ1v) is 25.8. The highest BCUT2D eigenvalue weighted by molar-refractivity contribution is 5.86. The third-order valence-corrected chi connectivity index (χ3v) is 14.3. The average Bonchev–Trinajstić information content (AvgIpc) is 3.69. The zero-order valence-corrected chi connectivity index (χ0v) is 42.1. The number of rotatable bonds is 22. The van der Waals surface area contributed by atoms with Crippen LogP contribution in [0.15, 0.2) is 194 Å². The third-order valence-electron chi connectivity index (χ3n) is 14.3. The van der Waals surface area contributed by atoms with Crippen molar-refractivity contribution in [1.82, 2.24) is 0 Å². The van der Waals surface area contributed by atoms with Crippen LogP contribution in [0.1, 0.15) is 111 Å². The van der Waals surface area contributed by atoms with Crippen molar-refractivity contribution in [1.29, 1.82) is 0 Å². The van der Waals surface area contributed by atoms with E-state index in [-0.39, 0.29) is 5.41 Å². The fraction of sp³-hybridized carbons (Fsp3) is 0.224. The van der Waals surface area contributed by atoms with Crippen molar-refractivity contribution < 1.29 is 9.47 Å². The highest BCUT2D eigenvalue weighted by atomic mass is 16.5. The van der Waals surface area contributed by atoms with Crippen molar-refractivity contribution in [3.8, 4) is 22.6 Å². The van der Waals surface area contributed by atoms with Crippen LogP contribution in [0.25, 0.3) is 35.4 Å². The molecular formula is C67H68N2O2. The fourth-order valence-corrected chi connectivity index (χ4v) is 10.5. The first kappa shape index (κ1) is 48.5. The van der Waals surface area contributed by atoms with Gasteiger partial charge in [0.1, 0.15) is 11.5 Å². The molecule has 0 radical (unpaired) electrons. The van der Waals surface area contributed by atoms with Crippen LogP contribution >= 0.6 is 0 Å². The van der Waals surface area contributed by atoms with Gasteiger partial charge in [0.15, 0.2) is 0 Å². The monoisotopic (exact) mass is 933 g/mol. The van der Waals surface area contributed by atoms with E-state index in [9.17, 15) is 0 Å². The number of methoxy groups -OCH3 is 2. The lowest BCUT2D eigenvalue weighted by Crippen LogP contribution is -2.25. The van der Waals surface area contributed by atoms with Gasteiger partial charge in [-0.15, -0.1) is 0 Å². The molecular weight excluding hydrogens is 865 g/mol. The van der Waals surface area contributed by atoms with Gasteiger partial charge >= 0.3 is 0 Å². The number of ether oxygens (including phenoxy) is 2. The Kier molecular flexibility index (Phi) is 15.9. The van der Waals surface area contributed by atoms with Crippen molar-refractivity contribution in [2.45, 2.75) is 83.5 Å². The van der Waals surface area contributed by atoms with Gasteiger partial charge in [0.05, 0.1) is 14.2 Å². The van der Waals surface area contributed by atoms with Gasteiger partial charge in [0.2, 0.25) is 0 Å². The summed E-state index contributed by atoms with van der Waals surface area (Å²) in [4.78, 5) is 4.57. The molecule has 71 heavy (non-hydrogen) atoms. The lowest BCUT2D eigenvalue weighted by molar-refractivity contribution is 0.401. The van der Waals surface area contributed by atoms with E-state index in [1.165, 1.54) is 109 Å². The first-order chi connectivity index (χ1) is 35.0. The minimum Gasteiger partial charge on any atom is -0.497 e. The molecule has 0 amide bonds. The maximum atomic E-state index is 5.47. The summed E-state index contributed by atoms with van der Waals surface area (Å²) >= 11 is 0. The first-order valence-electron chi connectivity index (χ1n) is 25.8. The summed E-state index contributed by atoms with van der Waals surface area (Å²) < 4.78 is 10.9. The molecule has 0 unspecified atom stereocenters. The van der Waals surface area contributed by atoms with E-state index in [1.807, 2.05) is 24.3 Å². The van der Waals surface area contributed by atoms with E-state index in [2.05, 4.69) is 218 Å². The van der Waals surface area contributed by atoms with Crippen molar-refractivity contribution in [3.05, 3.63) is 228 Å². The number of hydrogen-bond donors (Lipinski definition) is 0. The molecule has 0 saturated carbocycles. The smallest absolute Gasteiger partial charge is 0.119 e. The van der Waals surface area contributed by atoms with Gasteiger partial charge in [-0.25, -0.2) is 0 Å². The topological polar surface area (TPSA) is 24.9 Å². The zero-order chi connectivity index (χ0) is 48.8. The Hall–Kier alpha value is -7.56. The second-order valence-electron chi connectivity index (χ2n) is 18.9. The Morgan fingerprint density at radius 3 is 1.03 bits per heavy atom. The van der Waals surface area contributed by atoms with E-state index in [0.29, 0.717) is 0 Å². The van der Waals surface area contributed by atoms with E-state index in [0.717, 1.165) is 45.6 Å². The number of hydrogen-bond acceptors (Lipinski definition) is 4. The summed E-state index contributed by atoms with van der Waals surface area (Å²) in [6.07, 6.45) is 21.5. The van der Waals surface area contributed by atoms with Crippen LogP contribution in [-0.2, 0) is 5.41 Å². The number of nitrogens with zero attached hydrogens (tertiary/aromatic N) is 2. The van der Waals surface area contributed by atoms with Crippen molar-refractivity contribution in [3.63, 3.8) is 0 Å². The van der Waals surface area contributed by atoms with Gasteiger partial charge in [0, 0.05) is 39.5 Å². The predicted octanol–water partition coefficient (Wildman–Crippen LogP) is 19.2. The van der Waals surface area contributed by atoms with Crippen LogP contribution in [0.4, 0.5) is 34.1 Å². The highest BCUT2D eigenvalue weighted by Crippen LogP contribution is 2.55. The number of para-hydroxylation sites is 2. The van der Waals surface area contributed by atoms with Gasteiger partial charge in [-0.05, 0) is 154 Å². The second kappa shape index (κ2) is 23.4. The molecule has 0 N–H and O–H groups in total. The summed E-state index contributed by atoms with van der Waals surface area (Å²) in [6, 6.07) is 69.9. The molecule has 0 atom stereocenters. The Morgan fingerprint density at radius 2 is 0.676 bits per heavy atom. The summed E-state index contributed by atoms with van der Waals surface area (Å²) in [5.74, 6) is 1.69. The standard InChI is InChI=1S/C67H68N2O2/c1-5-7-9-17-47-67(48-18-10-8-6-2)65-49-53(25-23-51-27-33-57(34-28-51)68(55-19-13-11-14-20-55)59-37-41-61(70-3)42-38-59)31-45-63(65)64-46-32-54(50-66(64)67)26-24-52-29-35-58(36-30-52)69(56-21-15-12-16-22-56)60-39-43-62(71-4)44-40-60/h11-16,19-46,49-50H,5-10,17-18,47-48H2,1-4H3/b25-23+,26-24+. The zero-order valence-electron chi connectivity index (χ0n) is 42.1. The minimum atomic E-state index is -0.0339. The van der Waals surface area contributed by atoms with E-state index in [1.54, 1.807) is 14.2 Å². The van der Waals surface area contributed by atoms with Gasteiger partial charge < -0.3 is 19.3 Å². The number of unbranched alkanes of at least 4 members (excludes halogenated alkanes) is 6. The molecule has 4 heteroatoms. The van der Waals surface area contributed by atoms with Crippen LogP contribution < -0.4 is 19.3 Å². The number of anilines is 6. The predicted molar refractivity (Wildman–Crippen MR) is 303 cm³/mol. The van der Waals surface area contributed by atoms with Gasteiger partial charge in [-0.3, -0.25) is 0 Å². The molecule has 8 aromatic rings. The summed E-state index contributed by atoms with van der Waals surface area (Å²) in [6.45, 7) is 4.64. The molecule has 1 aliphatic rings. The van der Waals surface area contributed by atoms with Gasteiger partial charge in [0.25, 0.3) is 0 Å². The van der Waals surface area contributed by atoms with Crippen molar-refractivity contribution >= 4 is 58.4 Å². The van der Waals surface area contributed by atoms with E-state index < -0.39 is 0 Å². The van der Waals surface area contributed by atoms with Crippen molar-refractivity contribution in [2.24, 2.45) is 0 Å². The normalized spacial score (nSPS) is 12.5. The highest BCUT2D eigenvalue weighted by Gasteiger charge is 2.42. The van der Waals surface area contributed by atoms with Crippen LogP contribution in [-0.4, -0.2) is 14.2 Å². The van der Waals surface area contributed by atoms with Gasteiger partial charge in [-0.2, -0.15) is 0 Å². The Labute approximate surface area is 423 Å². The van der Waals surface area contributed by atoms with Crippen LogP contribution in [0.5, 0.6) is 11.5 Å². The van der Waals surface area contributed by atoms with Crippen molar-refractivity contribution in [2.75, 3.05) is 24.0 Å². The Balaban J connectivity index is 1.00. The SMILES string of the molecule is CCCCCCC1(CCCCCC)c2cc(/C=C/c3ccc(N(c4ccccc4)c4ccc(OC)cc4)cc3)ccc2-c2ccc(/C=C/c3ccc(N(c4ccccc4)c4ccc(OC)cc4)cc3)cc21. The average molecular weight is 933 g/mol. The molecule has 4 nitrogen and oxygen atoms in total. The second-order valence-corrected chi connectivity index (χ2v) is 18.9. The maximum absolute atomic E-state index is 5.47. The minimum absolute atomic E-state index is 0.0339. The van der Waals surface area contributed by atoms with Crippen LogP contribution in [0, 0.1) is 0 Å². The quantitative estimate of drug-likeness (QED) is 0.0499. The lowest BCUT2D eigenvalue weighted by atomic mass is 9.70. The van der Waals surface area contributed by atoms with E-state index in [4.69, 9.17) is 9.47 Å². The molecule has 0 aromatic heterocycles. The number of benzene rings is 8. The largest absolute Gasteiger partial charge is 0.497 e. The number of fused-ring (bicyclic) bond motifs is 3. The summed E-state index contributed by atoms with van der Waals surface area (Å²) in [7, 11) is 3.42. The molecule has 1 aliphatic carbocycles. The van der Waals surface area contributed by atoms with Crippen LogP contribution in [0.3, 0.4) is 0 Å². The molecule has 8 aromatic carbocycles. The summed E-state index contributed by atoms with van der Waals surface area (Å²) in [5.41, 5.74) is 17.2. The molecule has 0 fully saturated rings. The van der Waals surface area contributed by atoms with Crippen LogP contribution in [0.2, 0.25) is 0 Å². The molecule has 358 valence electrons. The maximum Gasteiger partial charge on any atom is 0.119 e. The fourth-order valence-electron chi connectivity index (χ4n) is 10.5. The Bertz CT molecular complexity index is 2790. The molecule has 0 spiro atoms. The molecule has 0 heterocycles. The third kappa shape index (κ3) is 11.2. The van der Waals surface area contributed by atoms with Gasteiger partial charge in [-0.1, -0.05) is 187 Å². The molecule has 0 aliphatic heterocycles. The molecule has 9 rings (SSSR count). The Morgan fingerprint density at radius 1 is 0.352 bits per heavy atom. The summed E-state index contributed by atoms with van der Waals surface area (Å²) in [5, 5.41) is 0. The lowest BCUT2D eigenvalue weighted by Gasteiger charge is -2.33. The molecule has 0 bridgehead atoms. The molecule has 0 saturated heterocycles. The van der Waals surface area contributed by atoms with E-state index >= 15 is 0 Å².